The van der Waals surface area contributed by atoms with E-state index in [9.17, 15) is 9.79 Å². The van der Waals surface area contributed by atoms with Crippen molar-refractivity contribution in [2.24, 2.45) is 0 Å². The van der Waals surface area contributed by atoms with Crippen molar-refractivity contribution in [3.8, 4) is 0 Å². The fourth-order valence-corrected chi connectivity index (χ4v) is 7.83. The highest BCUT2D eigenvalue weighted by Crippen LogP contribution is 2.57. The van der Waals surface area contributed by atoms with Crippen molar-refractivity contribution in [2.45, 2.75) is 116 Å². The molecule has 0 bridgehead atoms. The van der Waals surface area contributed by atoms with Gasteiger partial charge in [-0.2, -0.15) is 0 Å². The van der Waals surface area contributed by atoms with E-state index in [4.69, 9.17) is 4.52 Å². The first kappa shape index (κ1) is 31.1. The zero-order chi connectivity index (χ0) is 30.3. The lowest BCUT2D eigenvalue weighted by Gasteiger charge is -2.46. The summed E-state index contributed by atoms with van der Waals surface area (Å²) < 4.78 is 6.51. The smallest absolute Gasteiger partial charge is 0.327 e. The van der Waals surface area contributed by atoms with E-state index in [1.807, 2.05) is 0 Å². The highest BCUT2D eigenvalue weighted by atomic mass is 31.2. The summed E-state index contributed by atoms with van der Waals surface area (Å²) in [6, 6.07) is 23.0. The fraction of sp³-hybridized carbons (Fsp3) is 0.474. The molecule has 2 unspecified atom stereocenters. The lowest BCUT2D eigenvalue weighted by molar-refractivity contribution is -0.00717. The van der Waals surface area contributed by atoms with Gasteiger partial charge in [0.1, 0.15) is 5.60 Å². The van der Waals surface area contributed by atoms with E-state index in [1.165, 1.54) is 49.4 Å². The minimum absolute atomic E-state index is 0.00649. The van der Waals surface area contributed by atoms with E-state index in [-0.39, 0.29) is 11.8 Å². The molecular weight excluding hydrogens is 535 g/mol. The van der Waals surface area contributed by atoms with Crippen LogP contribution in [0.4, 0.5) is 0 Å². The Morgan fingerprint density at radius 3 is 1.71 bits per heavy atom. The number of rotatable bonds is 8. The van der Waals surface area contributed by atoms with Crippen LogP contribution in [0.3, 0.4) is 0 Å². The van der Waals surface area contributed by atoms with Crippen molar-refractivity contribution in [3.05, 3.63) is 94.0 Å². The second kappa shape index (κ2) is 12.4. The van der Waals surface area contributed by atoms with E-state index in [0.29, 0.717) is 17.8 Å². The van der Waals surface area contributed by atoms with Crippen LogP contribution in [-0.2, 0) is 10.1 Å². The van der Waals surface area contributed by atoms with Gasteiger partial charge in [0.2, 0.25) is 0 Å². The Kier molecular flexibility index (Phi) is 9.17. The predicted molar refractivity (Wildman–Crippen MR) is 180 cm³/mol. The highest BCUT2D eigenvalue weighted by molar-refractivity contribution is 7.39. The van der Waals surface area contributed by atoms with E-state index >= 15 is 0 Å². The molecule has 0 spiro atoms. The summed E-state index contributed by atoms with van der Waals surface area (Å²) in [5, 5.41) is 4.92. The van der Waals surface area contributed by atoms with Crippen molar-refractivity contribution < 1.29 is 14.3 Å². The molecule has 4 aromatic carbocycles. The largest absolute Gasteiger partial charge is 0.328 e. The van der Waals surface area contributed by atoms with Gasteiger partial charge in [0.15, 0.2) is 0 Å². The molecule has 0 radical (unpaired) electrons. The Bertz CT molecular complexity index is 1570. The second-order valence-corrected chi connectivity index (χ2v) is 14.5. The maximum Gasteiger partial charge on any atom is 0.327 e. The van der Waals surface area contributed by atoms with Crippen molar-refractivity contribution in [2.75, 3.05) is 0 Å². The molecule has 0 saturated heterocycles. The monoisotopic (exact) mass is 584 g/mol. The van der Waals surface area contributed by atoms with Crippen LogP contribution in [0, 0.1) is 0 Å². The van der Waals surface area contributed by atoms with Crippen LogP contribution in [-0.4, -0.2) is 9.79 Å². The minimum atomic E-state index is -2.57. The minimum Gasteiger partial charge on any atom is -0.328 e. The standard InChI is InChI=1S/C38H49O3P/c1-23(2)27-12-14-29-19-35(33(25(5)6)20-31(29)17-27)36-11-9-10-16-38(36,41-42(39)40)37-22-30-15-13-28(24(3)4)18-32(30)21-34(37)26(7)8/h12-15,17-26,36,39-40H,9-11,16H2,1-8H3. The number of hydrogen-bond donors (Lipinski definition) is 2. The molecular formula is C38H49O3P. The molecule has 1 fully saturated rings. The molecule has 2 N–H and O–H groups in total. The van der Waals surface area contributed by atoms with Gasteiger partial charge in [0.25, 0.3) is 0 Å². The Hall–Kier alpha value is -2.29. The lowest BCUT2D eigenvalue weighted by Crippen LogP contribution is -2.39. The van der Waals surface area contributed by atoms with Crippen molar-refractivity contribution in [1.29, 1.82) is 0 Å². The molecule has 1 aliphatic rings. The molecule has 224 valence electrons. The first-order chi connectivity index (χ1) is 19.9. The van der Waals surface area contributed by atoms with Crippen LogP contribution in [0.5, 0.6) is 0 Å². The first-order valence-corrected chi connectivity index (χ1v) is 17.1. The lowest BCUT2D eigenvalue weighted by atomic mass is 9.65. The maximum absolute atomic E-state index is 10.6. The van der Waals surface area contributed by atoms with Crippen LogP contribution in [0.15, 0.2) is 60.7 Å². The summed E-state index contributed by atoms with van der Waals surface area (Å²) in [5.41, 5.74) is 6.83. The van der Waals surface area contributed by atoms with Crippen LogP contribution in [0.1, 0.15) is 144 Å². The summed E-state index contributed by atoms with van der Waals surface area (Å²) in [5.74, 6) is 1.53. The number of benzene rings is 4. The van der Waals surface area contributed by atoms with Crippen LogP contribution < -0.4 is 0 Å². The Morgan fingerprint density at radius 2 is 1.19 bits per heavy atom. The average molecular weight is 585 g/mol. The van der Waals surface area contributed by atoms with Crippen molar-refractivity contribution in [1.82, 2.24) is 0 Å². The van der Waals surface area contributed by atoms with Crippen LogP contribution >= 0.6 is 8.60 Å². The van der Waals surface area contributed by atoms with Gasteiger partial charge in [-0.05, 0) is 97.5 Å². The average Bonchev–Trinajstić information content (AvgIpc) is 2.94. The summed E-state index contributed by atoms with van der Waals surface area (Å²) >= 11 is 0. The third-order valence-corrected chi connectivity index (χ3v) is 10.1. The summed E-state index contributed by atoms with van der Waals surface area (Å²) in [7, 11) is -2.57. The van der Waals surface area contributed by atoms with Gasteiger partial charge in [0, 0.05) is 5.92 Å². The van der Waals surface area contributed by atoms with E-state index in [1.54, 1.807) is 0 Å². The van der Waals surface area contributed by atoms with Crippen molar-refractivity contribution >= 4 is 30.1 Å². The molecule has 2 atom stereocenters. The predicted octanol–water partition coefficient (Wildman–Crippen LogP) is 11.3. The molecule has 42 heavy (non-hydrogen) atoms. The third-order valence-electron chi connectivity index (χ3n) is 9.61. The van der Waals surface area contributed by atoms with Gasteiger partial charge in [-0.1, -0.05) is 123 Å². The molecule has 3 nitrogen and oxygen atoms in total. The highest BCUT2D eigenvalue weighted by Gasteiger charge is 2.48. The Labute approximate surface area is 254 Å². The van der Waals surface area contributed by atoms with Gasteiger partial charge in [-0.3, -0.25) is 0 Å². The molecule has 0 amide bonds. The Morgan fingerprint density at radius 1 is 0.643 bits per heavy atom. The molecule has 0 aromatic heterocycles. The number of fused-ring (bicyclic) bond motifs is 2. The normalized spacial score (nSPS) is 19.8. The van der Waals surface area contributed by atoms with Crippen LogP contribution in [0.25, 0.3) is 21.5 Å². The van der Waals surface area contributed by atoms with Gasteiger partial charge in [-0.15, -0.1) is 0 Å². The summed E-state index contributed by atoms with van der Waals surface area (Å²) in [6.45, 7) is 18.0. The van der Waals surface area contributed by atoms with E-state index < -0.39 is 14.2 Å². The van der Waals surface area contributed by atoms with Crippen LogP contribution in [0.2, 0.25) is 0 Å². The molecule has 1 aliphatic carbocycles. The van der Waals surface area contributed by atoms with Gasteiger partial charge < -0.3 is 14.3 Å². The van der Waals surface area contributed by atoms with Crippen molar-refractivity contribution in [3.63, 3.8) is 0 Å². The Balaban J connectivity index is 1.78. The van der Waals surface area contributed by atoms with E-state index in [0.717, 1.165) is 31.2 Å². The molecule has 4 aromatic rings. The number of hydrogen-bond acceptors (Lipinski definition) is 3. The van der Waals surface area contributed by atoms with Gasteiger partial charge >= 0.3 is 8.60 Å². The summed E-state index contributed by atoms with van der Waals surface area (Å²) in [4.78, 5) is 21.1. The SMILES string of the molecule is CC(C)c1ccc2cc(C3CCCCC3(OP(O)O)c3cc4ccc(C(C)C)cc4cc3C(C)C)c(C(C)C)cc2c1. The second-order valence-electron chi connectivity index (χ2n) is 13.8. The summed E-state index contributed by atoms with van der Waals surface area (Å²) in [6.07, 6.45) is 3.79. The first-order valence-electron chi connectivity index (χ1n) is 15.9. The molecule has 1 saturated carbocycles. The molecule has 4 heteroatoms. The quantitative estimate of drug-likeness (QED) is 0.203. The molecule has 0 heterocycles. The molecule has 0 aliphatic heterocycles. The molecule has 5 rings (SSSR count). The topological polar surface area (TPSA) is 49.7 Å². The fourth-order valence-electron chi connectivity index (χ4n) is 7.23. The zero-order valence-corrected chi connectivity index (χ0v) is 27.6. The van der Waals surface area contributed by atoms with Gasteiger partial charge in [-0.25, -0.2) is 0 Å². The maximum atomic E-state index is 10.6. The zero-order valence-electron chi connectivity index (χ0n) is 26.7. The van der Waals surface area contributed by atoms with Gasteiger partial charge in [0.05, 0.1) is 0 Å². The van der Waals surface area contributed by atoms with E-state index in [2.05, 4.69) is 116 Å². The third kappa shape index (κ3) is 5.91.